The lowest BCUT2D eigenvalue weighted by Crippen LogP contribution is -2.23. The van der Waals surface area contributed by atoms with Gasteiger partial charge in [-0.15, -0.1) is 0 Å². The summed E-state index contributed by atoms with van der Waals surface area (Å²) in [5, 5.41) is 12.4. The van der Waals surface area contributed by atoms with Crippen molar-refractivity contribution in [2.24, 2.45) is 0 Å². The van der Waals surface area contributed by atoms with Gasteiger partial charge in [0.15, 0.2) is 0 Å². The fraction of sp³-hybridized carbons (Fsp3) is 0.294. The fourth-order valence-electron chi connectivity index (χ4n) is 2.59. The standard InChI is InChI=1S/C17H18ClN3O2/c18-14-9-13(4-5-15(14)22)17(23)20-11-12-3-6-16(19-10-12)21-7-1-2-8-21/h3-6,9-10,22H,1-2,7-8,11H2,(H,20,23). The van der Waals surface area contributed by atoms with E-state index < -0.39 is 0 Å². The molecular formula is C17H18ClN3O2. The van der Waals surface area contributed by atoms with Crippen molar-refractivity contribution in [3.63, 3.8) is 0 Å². The van der Waals surface area contributed by atoms with Crippen LogP contribution in [0, 0.1) is 0 Å². The normalized spacial score (nSPS) is 14.0. The van der Waals surface area contributed by atoms with Crippen LogP contribution in [0.4, 0.5) is 5.82 Å². The van der Waals surface area contributed by atoms with Gasteiger partial charge in [0.25, 0.3) is 5.91 Å². The molecule has 23 heavy (non-hydrogen) atoms. The number of nitrogens with zero attached hydrogens (tertiary/aromatic N) is 2. The van der Waals surface area contributed by atoms with Gasteiger partial charge < -0.3 is 15.3 Å². The Kier molecular flexibility index (Phi) is 4.67. The van der Waals surface area contributed by atoms with Crippen LogP contribution in [-0.2, 0) is 6.54 Å². The lowest BCUT2D eigenvalue weighted by Gasteiger charge is -2.16. The van der Waals surface area contributed by atoms with Gasteiger partial charge >= 0.3 is 0 Å². The van der Waals surface area contributed by atoms with Crippen molar-refractivity contribution in [3.05, 3.63) is 52.7 Å². The minimum Gasteiger partial charge on any atom is -0.506 e. The first kappa shape index (κ1) is 15.6. The van der Waals surface area contributed by atoms with Gasteiger partial charge in [0.05, 0.1) is 5.02 Å². The van der Waals surface area contributed by atoms with Crippen molar-refractivity contribution >= 4 is 23.3 Å². The van der Waals surface area contributed by atoms with E-state index in [0.29, 0.717) is 12.1 Å². The van der Waals surface area contributed by atoms with E-state index >= 15 is 0 Å². The number of rotatable bonds is 4. The van der Waals surface area contributed by atoms with Gasteiger partial charge in [-0.25, -0.2) is 4.98 Å². The lowest BCUT2D eigenvalue weighted by atomic mass is 10.2. The van der Waals surface area contributed by atoms with E-state index in [2.05, 4.69) is 15.2 Å². The molecule has 1 saturated heterocycles. The maximum absolute atomic E-state index is 12.1. The Morgan fingerprint density at radius 2 is 2.04 bits per heavy atom. The smallest absolute Gasteiger partial charge is 0.251 e. The summed E-state index contributed by atoms with van der Waals surface area (Å²) in [5.41, 5.74) is 1.35. The molecule has 2 aromatic rings. The molecule has 6 heteroatoms. The van der Waals surface area contributed by atoms with Crippen molar-refractivity contribution in [1.82, 2.24) is 10.3 Å². The second kappa shape index (κ2) is 6.87. The summed E-state index contributed by atoms with van der Waals surface area (Å²) in [6.07, 6.45) is 4.22. The van der Waals surface area contributed by atoms with E-state index in [1.807, 2.05) is 12.1 Å². The molecule has 1 amide bonds. The first-order valence-corrected chi connectivity index (χ1v) is 7.98. The van der Waals surface area contributed by atoms with Crippen molar-refractivity contribution in [2.75, 3.05) is 18.0 Å². The summed E-state index contributed by atoms with van der Waals surface area (Å²) >= 11 is 5.81. The highest BCUT2D eigenvalue weighted by molar-refractivity contribution is 6.32. The summed E-state index contributed by atoms with van der Waals surface area (Å²) in [6.45, 7) is 2.51. The molecule has 0 bridgehead atoms. The topological polar surface area (TPSA) is 65.5 Å². The van der Waals surface area contributed by atoms with Gasteiger partial charge in [-0.05, 0) is 42.7 Å². The molecule has 1 aromatic heterocycles. The second-order valence-electron chi connectivity index (χ2n) is 5.57. The first-order valence-electron chi connectivity index (χ1n) is 7.60. The molecule has 0 spiro atoms. The first-order chi connectivity index (χ1) is 11.1. The van der Waals surface area contributed by atoms with Crippen LogP contribution in [-0.4, -0.2) is 29.1 Å². The number of hydrogen-bond donors (Lipinski definition) is 2. The Hall–Kier alpha value is -2.27. The molecule has 1 aromatic carbocycles. The number of aromatic hydroxyl groups is 1. The summed E-state index contributed by atoms with van der Waals surface area (Å²) in [6, 6.07) is 8.35. The number of amides is 1. The largest absolute Gasteiger partial charge is 0.506 e. The number of halogens is 1. The van der Waals surface area contributed by atoms with E-state index in [4.69, 9.17) is 11.6 Å². The Bertz CT molecular complexity index is 697. The molecule has 5 nitrogen and oxygen atoms in total. The molecule has 3 rings (SSSR count). The summed E-state index contributed by atoms with van der Waals surface area (Å²) in [5.74, 6) is 0.711. The number of phenolic OH excluding ortho intramolecular Hbond substituents is 1. The van der Waals surface area contributed by atoms with Crippen LogP contribution in [0.3, 0.4) is 0 Å². The molecule has 1 aliphatic rings. The van der Waals surface area contributed by atoms with E-state index in [1.54, 1.807) is 6.20 Å². The van der Waals surface area contributed by atoms with Gasteiger partial charge in [-0.1, -0.05) is 17.7 Å². The molecule has 1 fully saturated rings. The highest BCUT2D eigenvalue weighted by Gasteiger charge is 2.13. The number of benzene rings is 1. The Labute approximate surface area is 139 Å². The summed E-state index contributed by atoms with van der Waals surface area (Å²) < 4.78 is 0. The number of nitrogens with one attached hydrogen (secondary N) is 1. The molecule has 2 N–H and O–H groups in total. The van der Waals surface area contributed by atoms with Gasteiger partial charge in [0.2, 0.25) is 0 Å². The Morgan fingerprint density at radius 3 is 2.70 bits per heavy atom. The molecule has 0 radical (unpaired) electrons. The number of carbonyl (C=O) groups is 1. The van der Waals surface area contributed by atoms with Crippen LogP contribution >= 0.6 is 11.6 Å². The highest BCUT2D eigenvalue weighted by atomic mass is 35.5. The average molecular weight is 332 g/mol. The third-order valence-electron chi connectivity index (χ3n) is 3.90. The summed E-state index contributed by atoms with van der Waals surface area (Å²) in [7, 11) is 0. The van der Waals surface area contributed by atoms with Gasteiger partial charge in [0.1, 0.15) is 11.6 Å². The number of aromatic nitrogens is 1. The fourth-order valence-corrected chi connectivity index (χ4v) is 2.77. The van der Waals surface area contributed by atoms with E-state index in [1.165, 1.54) is 31.0 Å². The predicted molar refractivity (Wildman–Crippen MR) is 90.0 cm³/mol. The van der Waals surface area contributed by atoms with E-state index in [0.717, 1.165) is 24.5 Å². The van der Waals surface area contributed by atoms with Crippen LogP contribution < -0.4 is 10.2 Å². The second-order valence-corrected chi connectivity index (χ2v) is 5.97. The SMILES string of the molecule is O=C(NCc1ccc(N2CCCC2)nc1)c1ccc(O)c(Cl)c1. The molecule has 1 aliphatic heterocycles. The maximum atomic E-state index is 12.1. The zero-order chi connectivity index (χ0) is 16.2. The number of carbonyl (C=O) groups excluding carboxylic acids is 1. The van der Waals surface area contributed by atoms with Crippen molar-refractivity contribution < 1.29 is 9.90 Å². The predicted octanol–water partition coefficient (Wildman–Crippen LogP) is 2.97. The molecule has 2 heterocycles. The molecule has 0 unspecified atom stereocenters. The zero-order valence-electron chi connectivity index (χ0n) is 12.6. The average Bonchev–Trinajstić information content (AvgIpc) is 3.10. The molecule has 120 valence electrons. The molecule has 0 saturated carbocycles. The summed E-state index contributed by atoms with van der Waals surface area (Å²) in [4.78, 5) is 18.8. The van der Waals surface area contributed by atoms with Crippen LogP contribution in [0.1, 0.15) is 28.8 Å². The van der Waals surface area contributed by atoms with Gasteiger partial charge in [-0.3, -0.25) is 4.79 Å². The third kappa shape index (κ3) is 3.74. The van der Waals surface area contributed by atoms with Crippen molar-refractivity contribution in [2.45, 2.75) is 19.4 Å². The van der Waals surface area contributed by atoms with E-state index in [9.17, 15) is 9.90 Å². The monoisotopic (exact) mass is 331 g/mol. The number of anilines is 1. The van der Waals surface area contributed by atoms with Gasteiger partial charge in [-0.2, -0.15) is 0 Å². The minimum absolute atomic E-state index is 0.0371. The van der Waals surface area contributed by atoms with Crippen LogP contribution in [0.2, 0.25) is 5.02 Å². The van der Waals surface area contributed by atoms with Crippen molar-refractivity contribution in [3.8, 4) is 5.75 Å². The maximum Gasteiger partial charge on any atom is 0.251 e. The highest BCUT2D eigenvalue weighted by Crippen LogP contribution is 2.23. The zero-order valence-corrected chi connectivity index (χ0v) is 13.4. The van der Waals surface area contributed by atoms with Crippen molar-refractivity contribution in [1.29, 1.82) is 0 Å². The molecular weight excluding hydrogens is 314 g/mol. The number of pyridine rings is 1. The van der Waals surface area contributed by atoms with Crippen LogP contribution in [0.15, 0.2) is 36.5 Å². The number of phenols is 1. The van der Waals surface area contributed by atoms with Crippen LogP contribution in [0.25, 0.3) is 0 Å². The number of hydrogen-bond acceptors (Lipinski definition) is 4. The van der Waals surface area contributed by atoms with E-state index in [-0.39, 0.29) is 16.7 Å². The Morgan fingerprint density at radius 1 is 1.26 bits per heavy atom. The Balaban J connectivity index is 1.59. The minimum atomic E-state index is -0.240. The lowest BCUT2D eigenvalue weighted by molar-refractivity contribution is 0.0951. The molecule has 0 atom stereocenters. The van der Waals surface area contributed by atoms with Gasteiger partial charge in [0, 0.05) is 31.4 Å². The quantitative estimate of drug-likeness (QED) is 0.904. The molecule has 0 aliphatic carbocycles. The third-order valence-corrected chi connectivity index (χ3v) is 4.20. The van der Waals surface area contributed by atoms with Crippen LogP contribution in [0.5, 0.6) is 5.75 Å².